The molecule has 168 valence electrons. The largest absolute Gasteiger partial charge is 0.310 e. The predicted molar refractivity (Wildman–Crippen MR) is 131 cm³/mol. The van der Waals surface area contributed by atoms with Crippen LogP contribution in [0.1, 0.15) is 37.4 Å². The monoisotopic (exact) mass is 459 g/mol. The van der Waals surface area contributed by atoms with Gasteiger partial charge in [0.25, 0.3) is 5.56 Å². The van der Waals surface area contributed by atoms with Crippen LogP contribution in [-0.2, 0) is 4.79 Å². The van der Waals surface area contributed by atoms with Crippen molar-refractivity contribution in [2.75, 3.05) is 11.1 Å². The number of carbonyl (C=O) groups excluding carboxylic acids is 1. The minimum atomic E-state index is -0.169. The molecule has 2 aromatic heterocycles. The highest BCUT2D eigenvalue weighted by Crippen LogP contribution is 2.32. The maximum absolute atomic E-state index is 13.3. The molecule has 0 spiro atoms. The number of amides is 1. The first kappa shape index (κ1) is 21.5. The second-order valence-electron chi connectivity index (χ2n) is 8.28. The first-order valence-electron chi connectivity index (χ1n) is 11.2. The molecule has 2 heterocycles. The van der Waals surface area contributed by atoms with Gasteiger partial charge in [-0.15, -0.1) is 0 Å². The number of benzene rings is 2. The van der Waals surface area contributed by atoms with Crippen LogP contribution < -0.4 is 10.9 Å². The number of nitrogens with zero attached hydrogens (tertiary/aromatic N) is 4. The number of rotatable bonds is 6. The molecule has 2 aromatic carbocycles. The van der Waals surface area contributed by atoms with Gasteiger partial charge in [0.05, 0.1) is 28.0 Å². The quantitative estimate of drug-likeness (QED) is 0.333. The number of fused-ring (bicyclic) bond motifs is 1. The van der Waals surface area contributed by atoms with Crippen molar-refractivity contribution in [2.45, 2.75) is 43.8 Å². The summed E-state index contributed by atoms with van der Waals surface area (Å²) in [6.45, 7) is 1.89. The van der Waals surface area contributed by atoms with Crippen molar-refractivity contribution in [3.63, 3.8) is 0 Å². The molecule has 1 aliphatic rings. The number of anilines is 1. The molecule has 0 unspecified atom stereocenters. The Hall–Kier alpha value is -3.39. The van der Waals surface area contributed by atoms with E-state index in [9.17, 15) is 9.59 Å². The summed E-state index contributed by atoms with van der Waals surface area (Å²) in [5.41, 5.74) is 2.33. The van der Waals surface area contributed by atoms with Gasteiger partial charge in [0, 0.05) is 12.1 Å². The van der Waals surface area contributed by atoms with Crippen molar-refractivity contribution in [1.29, 1.82) is 0 Å². The van der Waals surface area contributed by atoms with Gasteiger partial charge in [0.2, 0.25) is 5.91 Å². The molecule has 1 fully saturated rings. The van der Waals surface area contributed by atoms with Gasteiger partial charge in [-0.3, -0.25) is 14.2 Å². The number of nitrogens with one attached hydrogen (secondary N) is 1. The number of aromatic nitrogens is 4. The third-order valence-electron chi connectivity index (χ3n) is 5.90. The van der Waals surface area contributed by atoms with Crippen LogP contribution >= 0.6 is 11.8 Å². The van der Waals surface area contributed by atoms with Gasteiger partial charge in [-0.2, -0.15) is 5.10 Å². The van der Waals surface area contributed by atoms with Gasteiger partial charge >= 0.3 is 0 Å². The fourth-order valence-corrected chi connectivity index (χ4v) is 5.24. The Morgan fingerprint density at radius 3 is 2.61 bits per heavy atom. The normalized spacial score (nSPS) is 14.1. The first-order chi connectivity index (χ1) is 16.1. The zero-order chi connectivity index (χ0) is 22.8. The van der Waals surface area contributed by atoms with E-state index in [4.69, 9.17) is 4.98 Å². The Balaban J connectivity index is 1.39. The van der Waals surface area contributed by atoms with E-state index in [2.05, 4.69) is 10.4 Å². The van der Waals surface area contributed by atoms with Crippen molar-refractivity contribution >= 4 is 34.4 Å². The van der Waals surface area contributed by atoms with E-state index < -0.39 is 0 Å². The van der Waals surface area contributed by atoms with Crippen molar-refractivity contribution in [3.05, 3.63) is 76.7 Å². The van der Waals surface area contributed by atoms with Gasteiger partial charge in [-0.05, 0) is 44.0 Å². The highest BCUT2D eigenvalue weighted by atomic mass is 32.2. The average molecular weight is 460 g/mol. The van der Waals surface area contributed by atoms with Crippen LogP contribution in [0.2, 0.25) is 0 Å². The summed E-state index contributed by atoms with van der Waals surface area (Å²) in [6.07, 6.45) is 4.15. The molecular weight excluding hydrogens is 434 g/mol. The minimum Gasteiger partial charge on any atom is -0.310 e. The fraction of sp³-hybridized carbons (Fsp3) is 0.280. The Kier molecular flexibility index (Phi) is 6.00. The van der Waals surface area contributed by atoms with Gasteiger partial charge in [-0.25, -0.2) is 9.67 Å². The zero-order valence-electron chi connectivity index (χ0n) is 18.4. The van der Waals surface area contributed by atoms with E-state index in [-0.39, 0.29) is 23.3 Å². The predicted octanol–water partition coefficient (Wildman–Crippen LogP) is 4.74. The summed E-state index contributed by atoms with van der Waals surface area (Å²) in [6, 6.07) is 19.1. The highest BCUT2D eigenvalue weighted by Gasteiger charge is 2.23. The molecule has 7 nitrogen and oxygen atoms in total. The molecule has 0 aliphatic heterocycles. The maximum atomic E-state index is 13.3. The summed E-state index contributed by atoms with van der Waals surface area (Å²) in [5.74, 6) is 0.595. The Morgan fingerprint density at radius 1 is 1.09 bits per heavy atom. The molecule has 8 heteroatoms. The van der Waals surface area contributed by atoms with Gasteiger partial charge in [0.15, 0.2) is 5.16 Å². The lowest BCUT2D eigenvalue weighted by Gasteiger charge is -2.18. The number of aryl methyl sites for hydroxylation is 1. The fourth-order valence-electron chi connectivity index (χ4n) is 4.38. The molecule has 5 rings (SSSR count). The number of hydrogen-bond acceptors (Lipinski definition) is 5. The van der Waals surface area contributed by atoms with Crippen molar-refractivity contribution in [1.82, 2.24) is 19.3 Å². The van der Waals surface area contributed by atoms with Crippen LogP contribution in [0, 0.1) is 6.92 Å². The summed E-state index contributed by atoms with van der Waals surface area (Å²) in [4.78, 5) is 30.9. The number of thioether (sulfide) groups is 1. The first-order valence-corrected chi connectivity index (χ1v) is 12.1. The number of para-hydroxylation sites is 2. The molecule has 0 saturated heterocycles. The van der Waals surface area contributed by atoms with E-state index in [1.807, 2.05) is 72.2 Å². The number of hydrogen-bond donors (Lipinski definition) is 1. The van der Waals surface area contributed by atoms with Gasteiger partial charge in [-0.1, -0.05) is 54.9 Å². The lowest BCUT2D eigenvalue weighted by molar-refractivity contribution is -0.113. The second kappa shape index (κ2) is 9.23. The lowest BCUT2D eigenvalue weighted by Crippen LogP contribution is -2.27. The standard InChI is InChI=1S/C25H25N5O2S/c1-17-15-22(30(28-17)19-11-3-2-4-12-19)27-23(31)16-33-25-26-21-14-8-7-13-20(21)24(32)29(25)18-9-5-6-10-18/h2-4,7-8,11-15,18H,5-6,9-10,16H2,1H3,(H,27,31). The van der Waals surface area contributed by atoms with Crippen LogP contribution in [0.3, 0.4) is 0 Å². The molecule has 0 radical (unpaired) electrons. The molecule has 0 bridgehead atoms. The van der Waals surface area contributed by atoms with Crippen LogP contribution in [0.4, 0.5) is 5.82 Å². The van der Waals surface area contributed by atoms with Gasteiger partial charge < -0.3 is 5.32 Å². The number of carbonyl (C=O) groups is 1. The van der Waals surface area contributed by atoms with E-state index in [1.165, 1.54) is 11.8 Å². The Labute approximate surface area is 195 Å². The molecular formula is C25H25N5O2S. The summed E-state index contributed by atoms with van der Waals surface area (Å²) in [5, 5.41) is 8.70. The third-order valence-corrected chi connectivity index (χ3v) is 6.85. The lowest BCUT2D eigenvalue weighted by atomic mass is 10.2. The molecule has 1 N–H and O–H groups in total. The van der Waals surface area contributed by atoms with Crippen LogP contribution in [0.5, 0.6) is 0 Å². The molecule has 4 aromatic rings. The molecule has 1 amide bonds. The molecule has 0 atom stereocenters. The highest BCUT2D eigenvalue weighted by molar-refractivity contribution is 7.99. The molecule has 1 aliphatic carbocycles. The second-order valence-corrected chi connectivity index (χ2v) is 9.22. The van der Waals surface area contributed by atoms with E-state index in [0.29, 0.717) is 21.9 Å². The van der Waals surface area contributed by atoms with Crippen molar-refractivity contribution in [2.24, 2.45) is 0 Å². The SMILES string of the molecule is Cc1cc(NC(=O)CSc2nc3ccccc3c(=O)n2C2CCCC2)n(-c2ccccc2)n1. The molecule has 33 heavy (non-hydrogen) atoms. The Bertz CT molecular complexity index is 1360. The van der Waals surface area contributed by atoms with Gasteiger partial charge in [0.1, 0.15) is 5.82 Å². The Morgan fingerprint density at radius 2 is 1.82 bits per heavy atom. The smallest absolute Gasteiger partial charge is 0.262 e. The van der Waals surface area contributed by atoms with Crippen LogP contribution in [0.15, 0.2) is 70.6 Å². The minimum absolute atomic E-state index is 0.0202. The molecule has 1 saturated carbocycles. The van der Waals surface area contributed by atoms with E-state index >= 15 is 0 Å². The third kappa shape index (κ3) is 4.43. The van der Waals surface area contributed by atoms with Crippen molar-refractivity contribution < 1.29 is 4.79 Å². The topological polar surface area (TPSA) is 81.8 Å². The summed E-state index contributed by atoms with van der Waals surface area (Å²) in [7, 11) is 0. The average Bonchev–Trinajstić information content (AvgIpc) is 3.48. The van der Waals surface area contributed by atoms with Crippen LogP contribution in [-0.4, -0.2) is 31.0 Å². The van der Waals surface area contributed by atoms with E-state index in [0.717, 1.165) is 37.1 Å². The zero-order valence-corrected chi connectivity index (χ0v) is 19.2. The summed E-state index contributed by atoms with van der Waals surface area (Å²) < 4.78 is 3.53. The summed E-state index contributed by atoms with van der Waals surface area (Å²) >= 11 is 1.31. The van der Waals surface area contributed by atoms with E-state index in [1.54, 1.807) is 4.68 Å². The van der Waals surface area contributed by atoms with Crippen LogP contribution in [0.25, 0.3) is 16.6 Å². The van der Waals surface area contributed by atoms with Crippen molar-refractivity contribution in [3.8, 4) is 5.69 Å². The maximum Gasteiger partial charge on any atom is 0.262 e.